The first-order valence-electron chi connectivity index (χ1n) is 10.8. The van der Waals surface area contributed by atoms with Crippen LogP contribution in [0.4, 0.5) is 0 Å². The summed E-state index contributed by atoms with van der Waals surface area (Å²) in [6.45, 7) is 1.95. The number of aromatic nitrogens is 1. The number of para-hydroxylation sites is 1. The molecular formula is C25H23N3O4S2. The molecule has 5 rings (SSSR count). The molecule has 1 aliphatic rings. The Kier molecular flexibility index (Phi) is 6.21. The van der Waals surface area contributed by atoms with Crippen LogP contribution >= 0.6 is 22.7 Å². The molecule has 0 saturated carbocycles. The molecule has 34 heavy (non-hydrogen) atoms. The zero-order valence-electron chi connectivity index (χ0n) is 18.8. The molecule has 1 aliphatic heterocycles. The summed E-state index contributed by atoms with van der Waals surface area (Å²) in [6.07, 6.45) is 0. The number of methoxy groups -OCH3 is 2. The van der Waals surface area contributed by atoms with Crippen LogP contribution in [0, 0.1) is 0 Å². The van der Waals surface area contributed by atoms with Gasteiger partial charge in [-0.05, 0) is 42.5 Å². The topological polar surface area (TPSA) is 72.0 Å². The fourth-order valence-corrected chi connectivity index (χ4v) is 5.96. The maximum absolute atomic E-state index is 13.1. The van der Waals surface area contributed by atoms with Gasteiger partial charge in [-0.1, -0.05) is 12.1 Å². The highest BCUT2D eigenvalue weighted by Gasteiger charge is 2.27. The van der Waals surface area contributed by atoms with Crippen LogP contribution in [0.5, 0.6) is 11.5 Å². The molecule has 0 radical (unpaired) electrons. The SMILES string of the molecule is COc1ccc(C(=O)N2CCN(C(=O)c3ccc(-c4nc5ccccc5s4)s3)CC2)cc1OC. The molecule has 4 aromatic rings. The lowest BCUT2D eigenvalue weighted by atomic mass is 10.1. The zero-order chi connectivity index (χ0) is 23.7. The molecule has 0 unspecified atom stereocenters. The van der Waals surface area contributed by atoms with Crippen molar-refractivity contribution < 1.29 is 19.1 Å². The molecule has 9 heteroatoms. The molecule has 2 aromatic heterocycles. The van der Waals surface area contributed by atoms with Gasteiger partial charge in [-0.2, -0.15) is 0 Å². The van der Waals surface area contributed by atoms with Crippen molar-refractivity contribution >= 4 is 44.7 Å². The number of benzene rings is 2. The normalized spacial score (nSPS) is 13.8. The number of amides is 2. The minimum Gasteiger partial charge on any atom is -0.493 e. The Labute approximate surface area is 205 Å². The first-order chi connectivity index (χ1) is 16.6. The summed E-state index contributed by atoms with van der Waals surface area (Å²) < 4.78 is 11.7. The second kappa shape index (κ2) is 9.44. The van der Waals surface area contributed by atoms with Gasteiger partial charge in [0.15, 0.2) is 11.5 Å². The number of fused-ring (bicyclic) bond motifs is 1. The zero-order valence-corrected chi connectivity index (χ0v) is 20.4. The Morgan fingerprint density at radius 1 is 0.824 bits per heavy atom. The number of ether oxygens (including phenoxy) is 2. The Morgan fingerprint density at radius 3 is 2.24 bits per heavy atom. The summed E-state index contributed by atoms with van der Waals surface area (Å²) >= 11 is 3.10. The molecule has 0 N–H and O–H groups in total. The third kappa shape index (κ3) is 4.24. The number of hydrogen-bond donors (Lipinski definition) is 0. The highest BCUT2D eigenvalue weighted by molar-refractivity contribution is 7.26. The third-order valence-corrected chi connectivity index (χ3v) is 8.08. The number of piperazine rings is 1. The first kappa shape index (κ1) is 22.4. The smallest absolute Gasteiger partial charge is 0.264 e. The number of carbonyl (C=O) groups excluding carboxylic acids is 2. The highest BCUT2D eigenvalue weighted by atomic mass is 32.1. The van der Waals surface area contributed by atoms with Crippen LogP contribution < -0.4 is 9.47 Å². The lowest BCUT2D eigenvalue weighted by molar-refractivity contribution is 0.0538. The van der Waals surface area contributed by atoms with E-state index in [-0.39, 0.29) is 11.8 Å². The average Bonchev–Trinajstić information content (AvgIpc) is 3.55. The number of thiazole rings is 1. The van der Waals surface area contributed by atoms with E-state index in [0.29, 0.717) is 48.1 Å². The fourth-order valence-electron chi connectivity index (χ4n) is 3.97. The van der Waals surface area contributed by atoms with E-state index in [9.17, 15) is 9.59 Å². The Bertz CT molecular complexity index is 1320. The summed E-state index contributed by atoms with van der Waals surface area (Å²) in [5, 5.41) is 0.926. The van der Waals surface area contributed by atoms with Crippen molar-refractivity contribution in [2.45, 2.75) is 0 Å². The Balaban J connectivity index is 1.24. The van der Waals surface area contributed by atoms with Gasteiger partial charge in [-0.15, -0.1) is 22.7 Å². The van der Waals surface area contributed by atoms with Gasteiger partial charge in [-0.25, -0.2) is 4.98 Å². The van der Waals surface area contributed by atoms with Crippen molar-refractivity contribution in [3.8, 4) is 21.4 Å². The van der Waals surface area contributed by atoms with E-state index in [1.807, 2.05) is 35.2 Å². The predicted molar refractivity (Wildman–Crippen MR) is 134 cm³/mol. The average molecular weight is 494 g/mol. The van der Waals surface area contributed by atoms with Crippen LogP contribution in [0.25, 0.3) is 20.1 Å². The minimum atomic E-state index is -0.0812. The van der Waals surface area contributed by atoms with Crippen molar-refractivity contribution in [3.05, 3.63) is 65.0 Å². The maximum Gasteiger partial charge on any atom is 0.264 e. The van der Waals surface area contributed by atoms with E-state index in [1.54, 1.807) is 48.7 Å². The van der Waals surface area contributed by atoms with Gasteiger partial charge in [0, 0.05) is 31.7 Å². The fraction of sp³-hybridized carbons (Fsp3) is 0.240. The second-order valence-electron chi connectivity index (χ2n) is 7.80. The molecule has 0 atom stereocenters. The molecule has 1 saturated heterocycles. The summed E-state index contributed by atoms with van der Waals surface area (Å²) in [5.74, 6) is 1.01. The molecule has 2 amide bonds. The number of hydrogen-bond acceptors (Lipinski definition) is 7. The van der Waals surface area contributed by atoms with Gasteiger partial charge >= 0.3 is 0 Å². The van der Waals surface area contributed by atoms with E-state index in [0.717, 1.165) is 20.1 Å². The Morgan fingerprint density at radius 2 is 1.53 bits per heavy atom. The first-order valence-corrected chi connectivity index (χ1v) is 12.5. The van der Waals surface area contributed by atoms with Crippen LogP contribution in [0.3, 0.4) is 0 Å². The van der Waals surface area contributed by atoms with Crippen molar-refractivity contribution in [1.29, 1.82) is 0 Å². The van der Waals surface area contributed by atoms with Gasteiger partial charge in [0.25, 0.3) is 11.8 Å². The molecule has 7 nitrogen and oxygen atoms in total. The van der Waals surface area contributed by atoms with Gasteiger partial charge < -0.3 is 19.3 Å². The standard InChI is InChI=1S/C25H23N3O4S2/c1-31-18-8-7-16(15-19(18)32-2)24(29)27-11-13-28(14-12-27)25(30)22-10-9-21(33-22)23-26-17-5-3-4-6-20(17)34-23/h3-10,15H,11-14H2,1-2H3. The minimum absolute atomic E-state index is 0.00410. The lowest BCUT2D eigenvalue weighted by Crippen LogP contribution is -2.50. The molecule has 3 heterocycles. The monoisotopic (exact) mass is 493 g/mol. The molecule has 1 fully saturated rings. The highest BCUT2D eigenvalue weighted by Crippen LogP contribution is 2.35. The van der Waals surface area contributed by atoms with E-state index in [2.05, 4.69) is 6.07 Å². The summed E-state index contributed by atoms with van der Waals surface area (Å²) in [5.41, 5.74) is 1.51. The number of carbonyl (C=O) groups is 2. The number of thiophene rings is 1. The quantitative estimate of drug-likeness (QED) is 0.405. The van der Waals surface area contributed by atoms with Crippen LogP contribution in [0.2, 0.25) is 0 Å². The molecular weight excluding hydrogens is 470 g/mol. The van der Waals surface area contributed by atoms with Crippen LogP contribution in [-0.2, 0) is 0 Å². The summed E-state index contributed by atoms with van der Waals surface area (Å²) in [4.78, 5) is 36.0. The van der Waals surface area contributed by atoms with Crippen molar-refractivity contribution in [3.63, 3.8) is 0 Å². The van der Waals surface area contributed by atoms with Crippen LogP contribution in [0.15, 0.2) is 54.6 Å². The van der Waals surface area contributed by atoms with Gasteiger partial charge in [0.1, 0.15) is 5.01 Å². The molecule has 0 aliphatic carbocycles. The van der Waals surface area contributed by atoms with Gasteiger partial charge in [0.2, 0.25) is 0 Å². The largest absolute Gasteiger partial charge is 0.493 e. The Hall–Kier alpha value is -3.43. The van der Waals surface area contributed by atoms with Crippen molar-refractivity contribution in [2.75, 3.05) is 40.4 Å². The van der Waals surface area contributed by atoms with Crippen molar-refractivity contribution in [2.24, 2.45) is 0 Å². The van der Waals surface area contributed by atoms with E-state index < -0.39 is 0 Å². The van der Waals surface area contributed by atoms with E-state index in [4.69, 9.17) is 14.5 Å². The van der Waals surface area contributed by atoms with Crippen LogP contribution in [0.1, 0.15) is 20.0 Å². The summed E-state index contributed by atoms with van der Waals surface area (Å²) in [7, 11) is 3.11. The van der Waals surface area contributed by atoms with Gasteiger partial charge in [-0.3, -0.25) is 9.59 Å². The van der Waals surface area contributed by atoms with Crippen LogP contribution in [-0.4, -0.2) is 67.0 Å². The van der Waals surface area contributed by atoms with Crippen molar-refractivity contribution in [1.82, 2.24) is 14.8 Å². The third-order valence-electron chi connectivity index (χ3n) is 5.81. The van der Waals surface area contributed by atoms with E-state index >= 15 is 0 Å². The molecule has 0 spiro atoms. The second-order valence-corrected chi connectivity index (χ2v) is 9.92. The molecule has 0 bridgehead atoms. The number of nitrogens with zero attached hydrogens (tertiary/aromatic N) is 3. The summed E-state index contributed by atoms with van der Waals surface area (Å²) in [6, 6.07) is 17.0. The van der Waals surface area contributed by atoms with E-state index in [1.165, 1.54) is 11.3 Å². The lowest BCUT2D eigenvalue weighted by Gasteiger charge is -2.34. The number of rotatable bonds is 5. The molecule has 2 aromatic carbocycles. The molecule has 174 valence electrons. The predicted octanol–water partition coefficient (Wildman–Crippen LogP) is 4.64. The maximum atomic E-state index is 13.1. The van der Waals surface area contributed by atoms with Gasteiger partial charge in [0.05, 0.1) is 34.2 Å².